The molecule has 6 heteroatoms. The van der Waals surface area contributed by atoms with Crippen LogP contribution in [0, 0.1) is 6.92 Å². The van der Waals surface area contributed by atoms with Gasteiger partial charge in [-0.25, -0.2) is 4.98 Å². The number of anilines is 2. The molecule has 0 saturated carbocycles. The summed E-state index contributed by atoms with van der Waals surface area (Å²) in [4.78, 5) is 4.61. The average molecular weight is 477 g/mol. The molecule has 20 heavy (non-hydrogen) atoms. The lowest BCUT2D eigenvalue weighted by molar-refractivity contribution is 1.38. The maximum Gasteiger partial charge on any atom is 0.188 e. The number of hydrogen-bond donors (Lipinski definition) is 1. The molecular weight excluding hydrogens is 468 g/mol. The van der Waals surface area contributed by atoms with Crippen molar-refractivity contribution in [1.82, 2.24) is 4.98 Å². The van der Waals surface area contributed by atoms with Gasteiger partial charge in [0.25, 0.3) is 0 Å². The van der Waals surface area contributed by atoms with Crippen molar-refractivity contribution in [3.05, 3.63) is 49.3 Å². The third-order valence-corrected chi connectivity index (χ3v) is 5.46. The Morgan fingerprint density at radius 3 is 2.45 bits per heavy atom. The van der Waals surface area contributed by atoms with Crippen LogP contribution in [0.1, 0.15) is 5.56 Å². The summed E-state index contributed by atoms with van der Waals surface area (Å²) in [7, 11) is 0. The first kappa shape index (κ1) is 14.5. The molecule has 0 amide bonds. The molecule has 1 aromatic heterocycles. The molecule has 0 saturated heterocycles. The number of fused-ring (bicyclic) bond motifs is 1. The fraction of sp³-hybridized carbons (Fsp3) is 0.0714. The third-order valence-electron chi connectivity index (χ3n) is 2.77. The molecule has 0 radical (unpaired) electrons. The van der Waals surface area contributed by atoms with E-state index < -0.39 is 0 Å². The second-order valence-corrected chi connectivity index (χ2v) is 8.01. The molecule has 2 aromatic carbocycles. The molecule has 0 spiro atoms. The Morgan fingerprint density at radius 1 is 1.05 bits per heavy atom. The maximum atomic E-state index is 4.61. The minimum absolute atomic E-state index is 0.878. The molecule has 102 valence electrons. The molecule has 3 aromatic rings. The van der Waals surface area contributed by atoms with Crippen molar-refractivity contribution in [2.45, 2.75) is 6.92 Å². The molecule has 0 unspecified atom stereocenters. The maximum absolute atomic E-state index is 4.61. The highest BCUT2D eigenvalue weighted by Crippen LogP contribution is 2.37. The van der Waals surface area contributed by atoms with E-state index in [2.05, 4.69) is 83.2 Å². The lowest BCUT2D eigenvalue weighted by Crippen LogP contribution is -1.92. The highest BCUT2D eigenvalue weighted by molar-refractivity contribution is 9.11. The predicted octanol–water partition coefficient (Wildman–Crippen LogP) is 6.64. The number of thiazole rings is 1. The zero-order chi connectivity index (χ0) is 14.3. The van der Waals surface area contributed by atoms with Crippen molar-refractivity contribution in [2.75, 3.05) is 5.32 Å². The first-order valence-electron chi connectivity index (χ1n) is 5.82. The minimum atomic E-state index is 0.878. The van der Waals surface area contributed by atoms with Gasteiger partial charge in [-0.05, 0) is 74.7 Å². The summed E-state index contributed by atoms with van der Waals surface area (Å²) < 4.78 is 4.24. The van der Waals surface area contributed by atoms with Gasteiger partial charge in [-0.1, -0.05) is 27.3 Å². The predicted molar refractivity (Wildman–Crippen MR) is 97.2 cm³/mol. The summed E-state index contributed by atoms with van der Waals surface area (Å²) in [6, 6.07) is 10.3. The molecule has 3 rings (SSSR count). The Hall–Kier alpha value is -0.430. The molecule has 0 atom stereocenters. The van der Waals surface area contributed by atoms with Crippen molar-refractivity contribution in [1.29, 1.82) is 0 Å². The van der Waals surface area contributed by atoms with Crippen LogP contribution in [0.4, 0.5) is 10.8 Å². The van der Waals surface area contributed by atoms with Gasteiger partial charge in [0.05, 0.1) is 15.9 Å². The van der Waals surface area contributed by atoms with Gasteiger partial charge in [0, 0.05) is 13.4 Å². The summed E-state index contributed by atoms with van der Waals surface area (Å²) in [5.74, 6) is 0. The fourth-order valence-corrected chi connectivity index (χ4v) is 4.69. The second kappa shape index (κ2) is 5.75. The Morgan fingerprint density at radius 2 is 1.75 bits per heavy atom. The van der Waals surface area contributed by atoms with E-state index in [0.29, 0.717) is 0 Å². The molecule has 1 heterocycles. The monoisotopic (exact) mass is 474 g/mol. The van der Waals surface area contributed by atoms with E-state index in [1.807, 2.05) is 12.1 Å². The second-order valence-electron chi connectivity index (χ2n) is 4.36. The first-order chi connectivity index (χ1) is 9.52. The number of hydrogen-bond acceptors (Lipinski definition) is 3. The van der Waals surface area contributed by atoms with Gasteiger partial charge in [-0.2, -0.15) is 0 Å². The van der Waals surface area contributed by atoms with Gasteiger partial charge in [-0.15, -0.1) is 0 Å². The summed E-state index contributed by atoms with van der Waals surface area (Å²) in [5, 5.41) is 4.25. The largest absolute Gasteiger partial charge is 0.330 e. The van der Waals surface area contributed by atoms with Crippen LogP contribution >= 0.6 is 59.1 Å². The van der Waals surface area contributed by atoms with E-state index in [9.17, 15) is 0 Å². The normalized spacial score (nSPS) is 11.0. The Bertz CT molecular complexity index is 775. The Labute approximate surface area is 146 Å². The van der Waals surface area contributed by atoms with Crippen molar-refractivity contribution < 1.29 is 0 Å². The lowest BCUT2D eigenvalue weighted by Gasteiger charge is -2.09. The molecular formula is C14H9Br3N2S. The molecule has 1 N–H and O–H groups in total. The van der Waals surface area contributed by atoms with Crippen LogP contribution in [0.25, 0.3) is 10.2 Å². The minimum Gasteiger partial charge on any atom is -0.330 e. The standard InChI is InChI=1S/C14H9Br3N2S/c1-7-4-9(16)13(10(17)5-7)19-14-18-11-6-8(15)2-3-12(11)20-14/h2-6H,1H3,(H,18,19). The van der Waals surface area contributed by atoms with Crippen molar-refractivity contribution in [3.63, 3.8) is 0 Å². The number of halogens is 3. The Kier molecular flexibility index (Phi) is 4.17. The summed E-state index contributed by atoms with van der Waals surface area (Å²) in [5.41, 5.74) is 3.18. The van der Waals surface area contributed by atoms with E-state index in [4.69, 9.17) is 0 Å². The van der Waals surface area contributed by atoms with Gasteiger partial charge in [0.2, 0.25) is 0 Å². The molecule has 0 bridgehead atoms. The van der Waals surface area contributed by atoms with Gasteiger partial charge < -0.3 is 5.32 Å². The van der Waals surface area contributed by atoms with E-state index in [0.717, 1.165) is 34.5 Å². The van der Waals surface area contributed by atoms with E-state index in [-0.39, 0.29) is 0 Å². The smallest absolute Gasteiger partial charge is 0.188 e. The highest BCUT2D eigenvalue weighted by Gasteiger charge is 2.10. The van der Waals surface area contributed by atoms with E-state index in [1.165, 1.54) is 5.56 Å². The first-order valence-corrected chi connectivity index (χ1v) is 9.01. The third kappa shape index (κ3) is 2.93. The quantitative estimate of drug-likeness (QED) is 0.448. The summed E-state index contributed by atoms with van der Waals surface area (Å²) in [6.45, 7) is 2.06. The van der Waals surface area contributed by atoms with Gasteiger partial charge in [0.1, 0.15) is 0 Å². The highest BCUT2D eigenvalue weighted by atomic mass is 79.9. The van der Waals surface area contributed by atoms with Crippen LogP contribution in [0.15, 0.2) is 43.7 Å². The van der Waals surface area contributed by atoms with Gasteiger partial charge in [-0.3, -0.25) is 0 Å². The molecule has 0 aliphatic carbocycles. The average Bonchev–Trinajstić information content (AvgIpc) is 2.75. The zero-order valence-corrected chi connectivity index (χ0v) is 16.0. The number of aryl methyl sites for hydroxylation is 1. The van der Waals surface area contributed by atoms with Crippen molar-refractivity contribution >= 4 is 80.2 Å². The van der Waals surface area contributed by atoms with Gasteiger partial charge in [0.15, 0.2) is 5.13 Å². The van der Waals surface area contributed by atoms with Crippen LogP contribution in [0.5, 0.6) is 0 Å². The molecule has 0 aliphatic rings. The number of nitrogens with one attached hydrogen (secondary N) is 1. The number of rotatable bonds is 2. The van der Waals surface area contributed by atoms with Gasteiger partial charge >= 0.3 is 0 Å². The van der Waals surface area contributed by atoms with Crippen LogP contribution in [-0.2, 0) is 0 Å². The number of aromatic nitrogens is 1. The van der Waals surface area contributed by atoms with Crippen molar-refractivity contribution in [2.24, 2.45) is 0 Å². The van der Waals surface area contributed by atoms with E-state index in [1.54, 1.807) is 11.3 Å². The van der Waals surface area contributed by atoms with Crippen LogP contribution < -0.4 is 5.32 Å². The lowest BCUT2D eigenvalue weighted by atomic mass is 10.2. The van der Waals surface area contributed by atoms with Crippen LogP contribution in [0.3, 0.4) is 0 Å². The zero-order valence-electron chi connectivity index (χ0n) is 10.4. The van der Waals surface area contributed by atoms with E-state index >= 15 is 0 Å². The Balaban J connectivity index is 2.01. The number of benzene rings is 2. The SMILES string of the molecule is Cc1cc(Br)c(Nc2nc3cc(Br)ccc3s2)c(Br)c1. The fourth-order valence-electron chi connectivity index (χ4n) is 1.88. The molecule has 0 aliphatic heterocycles. The topological polar surface area (TPSA) is 24.9 Å². The summed E-state index contributed by atoms with van der Waals surface area (Å²) >= 11 is 12.3. The molecule has 0 fully saturated rings. The number of nitrogens with zero attached hydrogens (tertiary/aromatic N) is 1. The van der Waals surface area contributed by atoms with Crippen LogP contribution in [-0.4, -0.2) is 4.98 Å². The summed E-state index contributed by atoms with van der Waals surface area (Å²) in [6.07, 6.45) is 0. The molecule has 2 nitrogen and oxygen atoms in total. The van der Waals surface area contributed by atoms with Crippen molar-refractivity contribution in [3.8, 4) is 0 Å². The van der Waals surface area contributed by atoms with Crippen LogP contribution in [0.2, 0.25) is 0 Å².